The molecule has 7 heteroatoms. The van der Waals surface area contributed by atoms with Gasteiger partial charge in [-0.25, -0.2) is 4.39 Å². The first-order chi connectivity index (χ1) is 14.6. The zero-order chi connectivity index (χ0) is 21.1. The number of fused-ring (bicyclic) bond motifs is 1. The molecule has 6 nitrogen and oxygen atoms in total. The Labute approximate surface area is 172 Å². The van der Waals surface area contributed by atoms with Gasteiger partial charge in [-0.15, -0.1) is 0 Å². The van der Waals surface area contributed by atoms with Crippen LogP contribution >= 0.6 is 0 Å². The standard InChI is InChI=1S/C23H18FN3O3/c1-28-18-7-5-17(22(11-18)29-2)13-26-23-27-20-10-15(6-8-21(20)30-23)14-3-4-16(12-25)19(24)9-14/h3-11H,13H2,1-2H3,(H,26,27). The molecule has 150 valence electrons. The fourth-order valence-corrected chi connectivity index (χ4v) is 3.14. The van der Waals surface area contributed by atoms with Crippen LogP contribution in [-0.4, -0.2) is 19.2 Å². The molecule has 0 fully saturated rings. The van der Waals surface area contributed by atoms with E-state index in [4.69, 9.17) is 19.2 Å². The molecule has 30 heavy (non-hydrogen) atoms. The van der Waals surface area contributed by atoms with Crippen molar-refractivity contribution in [3.63, 3.8) is 0 Å². The first kappa shape index (κ1) is 19.3. The summed E-state index contributed by atoms with van der Waals surface area (Å²) in [6.45, 7) is 0.452. The second-order valence-corrected chi connectivity index (χ2v) is 6.54. The van der Waals surface area contributed by atoms with Gasteiger partial charge in [-0.3, -0.25) is 0 Å². The normalized spacial score (nSPS) is 10.6. The number of nitrogens with one attached hydrogen (secondary N) is 1. The van der Waals surface area contributed by atoms with Gasteiger partial charge in [0.2, 0.25) is 0 Å². The van der Waals surface area contributed by atoms with Gasteiger partial charge in [-0.2, -0.15) is 10.2 Å². The van der Waals surface area contributed by atoms with Crippen LogP contribution in [0.25, 0.3) is 22.2 Å². The third-order valence-corrected chi connectivity index (χ3v) is 4.73. The Morgan fingerprint density at radius 1 is 1.03 bits per heavy atom. The number of halogens is 1. The molecule has 0 aliphatic heterocycles. The molecule has 0 spiro atoms. The summed E-state index contributed by atoms with van der Waals surface area (Å²) in [5.41, 5.74) is 3.63. The van der Waals surface area contributed by atoms with E-state index >= 15 is 0 Å². The highest BCUT2D eigenvalue weighted by atomic mass is 19.1. The molecule has 0 unspecified atom stereocenters. The van der Waals surface area contributed by atoms with E-state index in [2.05, 4.69) is 10.3 Å². The Kier molecular flexibility index (Phi) is 5.22. The average molecular weight is 403 g/mol. The van der Waals surface area contributed by atoms with Gasteiger partial charge in [0, 0.05) is 18.2 Å². The summed E-state index contributed by atoms with van der Waals surface area (Å²) >= 11 is 0. The lowest BCUT2D eigenvalue weighted by molar-refractivity contribution is 0.391. The molecule has 0 saturated heterocycles. The molecule has 4 rings (SSSR count). The Balaban J connectivity index is 1.56. The second kappa shape index (κ2) is 8.13. The van der Waals surface area contributed by atoms with Crippen LogP contribution in [0.2, 0.25) is 0 Å². The molecule has 0 aliphatic carbocycles. The molecule has 0 saturated carbocycles. The predicted molar refractivity (Wildman–Crippen MR) is 111 cm³/mol. The maximum atomic E-state index is 13.9. The summed E-state index contributed by atoms with van der Waals surface area (Å²) in [6, 6.07) is 17.7. The molecule has 0 aliphatic rings. The minimum atomic E-state index is -0.550. The smallest absolute Gasteiger partial charge is 0.295 e. The van der Waals surface area contributed by atoms with Crippen molar-refractivity contribution >= 4 is 17.1 Å². The van der Waals surface area contributed by atoms with Crippen LogP contribution in [0, 0.1) is 17.1 Å². The highest BCUT2D eigenvalue weighted by Gasteiger charge is 2.11. The molecule has 4 aromatic rings. The summed E-state index contributed by atoms with van der Waals surface area (Å²) in [7, 11) is 3.21. The zero-order valence-corrected chi connectivity index (χ0v) is 16.4. The molecule has 3 aromatic carbocycles. The molecule has 0 radical (unpaired) electrons. The maximum absolute atomic E-state index is 13.9. The van der Waals surface area contributed by atoms with Crippen LogP contribution in [0.1, 0.15) is 11.1 Å². The molecule has 1 N–H and O–H groups in total. The molecular formula is C23H18FN3O3. The molecular weight excluding hydrogens is 385 g/mol. The van der Waals surface area contributed by atoms with Gasteiger partial charge in [-0.1, -0.05) is 12.1 Å². The number of anilines is 1. The van der Waals surface area contributed by atoms with Crippen LogP contribution in [0.3, 0.4) is 0 Å². The largest absolute Gasteiger partial charge is 0.497 e. The maximum Gasteiger partial charge on any atom is 0.295 e. The number of methoxy groups -OCH3 is 2. The van der Waals surface area contributed by atoms with Crippen LogP contribution in [-0.2, 0) is 6.54 Å². The van der Waals surface area contributed by atoms with E-state index in [0.29, 0.717) is 40.7 Å². The topological polar surface area (TPSA) is 80.3 Å². The summed E-state index contributed by atoms with van der Waals surface area (Å²) < 4.78 is 30.3. The summed E-state index contributed by atoms with van der Waals surface area (Å²) in [4.78, 5) is 4.47. The highest BCUT2D eigenvalue weighted by molar-refractivity contribution is 5.81. The molecule has 0 bridgehead atoms. The van der Waals surface area contributed by atoms with Gasteiger partial charge in [-0.05, 0) is 47.5 Å². The number of hydrogen-bond donors (Lipinski definition) is 1. The lowest BCUT2D eigenvalue weighted by atomic mass is 10.0. The number of oxazole rings is 1. The Morgan fingerprint density at radius 2 is 1.83 bits per heavy atom. The van der Waals surface area contributed by atoms with Crippen LogP contribution in [0.5, 0.6) is 11.5 Å². The monoisotopic (exact) mass is 403 g/mol. The van der Waals surface area contributed by atoms with E-state index in [1.807, 2.05) is 36.4 Å². The third-order valence-electron chi connectivity index (χ3n) is 4.73. The summed E-state index contributed by atoms with van der Waals surface area (Å²) in [5, 5.41) is 12.0. The van der Waals surface area contributed by atoms with Gasteiger partial charge in [0.1, 0.15) is 28.9 Å². The number of nitriles is 1. The fraction of sp³-hybridized carbons (Fsp3) is 0.130. The minimum Gasteiger partial charge on any atom is -0.497 e. The van der Waals surface area contributed by atoms with Crippen molar-refractivity contribution in [1.82, 2.24) is 4.98 Å². The number of nitrogens with zero attached hydrogens (tertiary/aromatic N) is 2. The van der Waals surface area contributed by atoms with E-state index in [-0.39, 0.29) is 5.56 Å². The first-order valence-electron chi connectivity index (χ1n) is 9.16. The first-order valence-corrected chi connectivity index (χ1v) is 9.16. The highest BCUT2D eigenvalue weighted by Crippen LogP contribution is 2.29. The van der Waals surface area contributed by atoms with Crippen LogP contribution < -0.4 is 14.8 Å². The van der Waals surface area contributed by atoms with Gasteiger partial charge in [0.15, 0.2) is 5.58 Å². The van der Waals surface area contributed by atoms with Crippen molar-refractivity contribution in [2.24, 2.45) is 0 Å². The molecule has 1 aromatic heterocycles. The summed E-state index contributed by atoms with van der Waals surface area (Å²) in [6.07, 6.45) is 0. The van der Waals surface area contributed by atoms with Gasteiger partial charge in [0.05, 0.1) is 19.8 Å². The van der Waals surface area contributed by atoms with Crippen molar-refractivity contribution < 1.29 is 18.3 Å². The van der Waals surface area contributed by atoms with Crippen molar-refractivity contribution in [3.8, 4) is 28.7 Å². The van der Waals surface area contributed by atoms with Crippen molar-refractivity contribution in [2.45, 2.75) is 6.54 Å². The van der Waals surface area contributed by atoms with Gasteiger partial charge in [0.25, 0.3) is 6.01 Å². The van der Waals surface area contributed by atoms with E-state index < -0.39 is 5.82 Å². The van der Waals surface area contributed by atoms with E-state index in [9.17, 15) is 4.39 Å². The third kappa shape index (κ3) is 3.76. The lowest BCUT2D eigenvalue weighted by Crippen LogP contribution is -2.02. The summed E-state index contributed by atoms with van der Waals surface area (Å²) in [5.74, 6) is 0.860. The number of rotatable bonds is 6. The van der Waals surface area contributed by atoms with Crippen LogP contribution in [0.15, 0.2) is 59.0 Å². The van der Waals surface area contributed by atoms with Crippen molar-refractivity contribution in [3.05, 3.63) is 71.5 Å². The number of hydrogen-bond acceptors (Lipinski definition) is 6. The Hall–Kier alpha value is -4.05. The second-order valence-electron chi connectivity index (χ2n) is 6.54. The number of benzene rings is 3. The quantitative estimate of drug-likeness (QED) is 0.480. The molecule has 1 heterocycles. The van der Waals surface area contributed by atoms with E-state index in [1.54, 1.807) is 26.4 Å². The van der Waals surface area contributed by atoms with Crippen LogP contribution in [0.4, 0.5) is 10.4 Å². The average Bonchev–Trinajstić information content (AvgIpc) is 3.19. The van der Waals surface area contributed by atoms with Gasteiger partial charge >= 0.3 is 0 Å². The number of aromatic nitrogens is 1. The van der Waals surface area contributed by atoms with Gasteiger partial charge < -0.3 is 19.2 Å². The van der Waals surface area contributed by atoms with Crippen molar-refractivity contribution in [1.29, 1.82) is 5.26 Å². The lowest BCUT2D eigenvalue weighted by Gasteiger charge is -2.10. The molecule has 0 atom stereocenters. The zero-order valence-electron chi connectivity index (χ0n) is 16.4. The number of ether oxygens (including phenoxy) is 2. The fourth-order valence-electron chi connectivity index (χ4n) is 3.14. The molecule has 0 amide bonds. The van der Waals surface area contributed by atoms with E-state index in [1.165, 1.54) is 12.1 Å². The predicted octanol–water partition coefficient (Wildman–Crippen LogP) is 5.13. The Bertz CT molecular complexity index is 1260. The minimum absolute atomic E-state index is 0.0155. The van der Waals surface area contributed by atoms with Crippen molar-refractivity contribution in [2.75, 3.05) is 19.5 Å². The Morgan fingerprint density at radius 3 is 2.57 bits per heavy atom. The SMILES string of the molecule is COc1ccc(CNc2nc3cc(-c4ccc(C#N)c(F)c4)ccc3o2)c(OC)c1. The van der Waals surface area contributed by atoms with E-state index in [0.717, 1.165) is 11.1 Å².